The smallest absolute Gasteiger partial charge is 0.129 e. The molecule has 0 aliphatic heterocycles. The first-order valence-electron chi connectivity index (χ1n) is 3.34. The van der Waals surface area contributed by atoms with Crippen LogP contribution in [0.5, 0.6) is 0 Å². The molecule has 2 nitrogen and oxygen atoms in total. The van der Waals surface area contributed by atoms with Crippen LogP contribution < -0.4 is 0 Å². The summed E-state index contributed by atoms with van der Waals surface area (Å²) in [5.41, 5.74) is 0.0990. The van der Waals surface area contributed by atoms with Gasteiger partial charge in [0.15, 0.2) is 0 Å². The third-order valence-electron chi connectivity index (χ3n) is 0.856. The van der Waals surface area contributed by atoms with Crippen molar-refractivity contribution in [3.05, 3.63) is 29.0 Å². The standard InChI is InChI=1S/C6H6ClNO/c7-6-2-1-5(4-9)3-8-6/h1-3,9H,4H2/i4T2. The Morgan fingerprint density at radius 1 is 1.78 bits per heavy atom. The van der Waals surface area contributed by atoms with Crippen molar-refractivity contribution < 1.29 is 7.85 Å². The molecule has 0 unspecified atom stereocenters. The number of halogens is 1. The summed E-state index contributed by atoms with van der Waals surface area (Å²) in [6.07, 6.45) is 1.20. The molecule has 1 N–H and O–H groups in total. The Morgan fingerprint density at radius 2 is 2.56 bits per heavy atom. The van der Waals surface area contributed by atoms with Gasteiger partial charge in [-0.05, 0) is 11.6 Å². The quantitative estimate of drug-likeness (QED) is 0.606. The van der Waals surface area contributed by atoms with Crippen LogP contribution in [-0.2, 0) is 6.56 Å². The summed E-state index contributed by atoms with van der Waals surface area (Å²) in [7, 11) is 0. The van der Waals surface area contributed by atoms with Gasteiger partial charge in [-0.1, -0.05) is 17.7 Å². The van der Waals surface area contributed by atoms with Gasteiger partial charge in [0.1, 0.15) is 5.15 Å². The molecule has 0 bridgehead atoms. The molecule has 0 spiro atoms. The fourth-order valence-corrected chi connectivity index (χ4v) is 0.554. The van der Waals surface area contributed by atoms with Gasteiger partial charge in [-0.15, -0.1) is 0 Å². The van der Waals surface area contributed by atoms with Gasteiger partial charge < -0.3 is 5.11 Å². The Morgan fingerprint density at radius 3 is 3.00 bits per heavy atom. The molecule has 0 aliphatic carbocycles. The average molecular weight is 148 g/mol. The second kappa shape index (κ2) is 2.80. The van der Waals surface area contributed by atoms with Crippen LogP contribution in [0.25, 0.3) is 0 Å². The molecule has 0 fully saturated rings. The van der Waals surface area contributed by atoms with Gasteiger partial charge >= 0.3 is 0 Å². The molecule has 9 heavy (non-hydrogen) atoms. The minimum Gasteiger partial charge on any atom is -0.392 e. The predicted octanol–water partition coefficient (Wildman–Crippen LogP) is 1.23. The molecule has 1 aromatic rings. The minimum atomic E-state index is -2.34. The van der Waals surface area contributed by atoms with Crippen molar-refractivity contribution in [3.8, 4) is 0 Å². The Balaban J connectivity index is 2.99. The van der Waals surface area contributed by atoms with Gasteiger partial charge in [-0.3, -0.25) is 0 Å². The van der Waals surface area contributed by atoms with Crippen LogP contribution in [0.15, 0.2) is 18.3 Å². The molecule has 0 aliphatic rings. The lowest BCUT2D eigenvalue weighted by molar-refractivity contribution is 0.281. The fraction of sp³-hybridized carbons (Fsp3) is 0.167. The van der Waals surface area contributed by atoms with Crippen LogP contribution in [0.4, 0.5) is 0 Å². The van der Waals surface area contributed by atoms with E-state index in [1.165, 1.54) is 18.3 Å². The number of hydrogen-bond donors (Lipinski definition) is 1. The summed E-state index contributed by atoms with van der Waals surface area (Å²) in [6, 6.07) is 2.81. The number of rotatable bonds is 1. The highest BCUT2D eigenvalue weighted by molar-refractivity contribution is 6.29. The first-order chi connectivity index (χ1) is 5.00. The highest BCUT2D eigenvalue weighted by Crippen LogP contribution is 2.04. The van der Waals surface area contributed by atoms with Crippen LogP contribution in [0.3, 0.4) is 0 Å². The second-order valence-electron chi connectivity index (χ2n) is 1.48. The van der Waals surface area contributed by atoms with Gasteiger partial charge in [0, 0.05) is 6.20 Å². The van der Waals surface area contributed by atoms with Gasteiger partial charge in [-0.25, -0.2) is 4.98 Å². The Labute approximate surface area is 60.9 Å². The topological polar surface area (TPSA) is 33.1 Å². The van der Waals surface area contributed by atoms with Crippen LogP contribution >= 0.6 is 11.6 Å². The highest BCUT2D eigenvalue weighted by Gasteiger charge is 1.88. The van der Waals surface area contributed by atoms with E-state index in [0.717, 1.165) is 0 Å². The van der Waals surface area contributed by atoms with E-state index in [1.807, 2.05) is 0 Å². The number of aromatic nitrogens is 1. The van der Waals surface area contributed by atoms with E-state index in [1.54, 1.807) is 0 Å². The number of hydrogen-bond acceptors (Lipinski definition) is 2. The largest absolute Gasteiger partial charge is 0.392 e. The molecular formula is C6H6ClNO. The number of pyridine rings is 1. The molecule has 1 aromatic heterocycles. The number of nitrogens with zero attached hydrogens (tertiary/aromatic N) is 1. The van der Waals surface area contributed by atoms with E-state index >= 15 is 0 Å². The summed E-state index contributed by atoms with van der Waals surface area (Å²) in [5.74, 6) is 0. The SMILES string of the molecule is [3H]C([3H])(O)c1ccc(Cl)nc1. The molecule has 1 heterocycles. The Bertz CT molecular complexity index is 244. The molecule has 0 aromatic carbocycles. The molecule has 1 rings (SSSR count). The van der Waals surface area contributed by atoms with E-state index < -0.39 is 6.56 Å². The lowest BCUT2D eigenvalue weighted by Gasteiger charge is -1.91. The average Bonchev–Trinajstić information content (AvgIpc) is 1.86. The fourth-order valence-electron chi connectivity index (χ4n) is 0.442. The lowest BCUT2D eigenvalue weighted by Crippen LogP contribution is -1.82. The summed E-state index contributed by atoms with van der Waals surface area (Å²) in [6.45, 7) is -2.34. The van der Waals surface area contributed by atoms with E-state index in [2.05, 4.69) is 4.98 Å². The van der Waals surface area contributed by atoms with Crippen molar-refractivity contribution in [1.29, 1.82) is 0 Å². The van der Waals surface area contributed by atoms with E-state index in [9.17, 15) is 0 Å². The third-order valence-corrected chi connectivity index (χ3v) is 1.08. The van der Waals surface area contributed by atoms with Gasteiger partial charge in [-0.2, -0.15) is 0 Å². The molecule has 0 atom stereocenters. The molecule has 0 saturated heterocycles. The maximum atomic E-state index is 8.83. The molecular weight excluding hydrogens is 138 g/mol. The summed E-state index contributed by atoms with van der Waals surface area (Å²) >= 11 is 5.45. The van der Waals surface area contributed by atoms with Crippen LogP contribution in [-0.4, -0.2) is 10.1 Å². The lowest BCUT2D eigenvalue weighted by atomic mass is 10.3. The van der Waals surface area contributed by atoms with Crippen molar-refractivity contribution in [2.45, 2.75) is 6.56 Å². The second-order valence-corrected chi connectivity index (χ2v) is 1.87. The molecule has 48 valence electrons. The van der Waals surface area contributed by atoms with Crippen LogP contribution in [0, 0.1) is 0 Å². The zero-order valence-electron chi connectivity index (χ0n) is 6.50. The maximum Gasteiger partial charge on any atom is 0.129 e. The number of aliphatic hydroxyl groups is 1. The zero-order valence-corrected chi connectivity index (χ0v) is 5.26. The van der Waals surface area contributed by atoms with E-state index in [-0.39, 0.29) is 10.7 Å². The summed E-state index contributed by atoms with van der Waals surface area (Å²) < 4.78 is 13.8. The van der Waals surface area contributed by atoms with Crippen molar-refractivity contribution in [2.24, 2.45) is 0 Å². The van der Waals surface area contributed by atoms with Crippen LogP contribution in [0.2, 0.25) is 5.15 Å². The molecule has 0 saturated carbocycles. The van der Waals surface area contributed by atoms with Crippen molar-refractivity contribution in [2.75, 3.05) is 0 Å². The summed E-state index contributed by atoms with van der Waals surface area (Å²) in [4.78, 5) is 3.61. The molecule has 0 amide bonds. The first-order valence-corrected chi connectivity index (χ1v) is 2.72. The normalized spacial score (nSPS) is 14.4. The van der Waals surface area contributed by atoms with Gasteiger partial charge in [0.2, 0.25) is 0 Å². The third kappa shape index (κ3) is 1.66. The maximum absolute atomic E-state index is 8.83. The predicted molar refractivity (Wildman–Crippen MR) is 35.2 cm³/mol. The zero-order chi connectivity index (χ0) is 8.48. The Kier molecular flexibility index (Phi) is 1.32. The van der Waals surface area contributed by atoms with Crippen molar-refractivity contribution in [1.82, 2.24) is 4.98 Å². The summed E-state index contributed by atoms with van der Waals surface area (Å²) in [5, 5.41) is 9.11. The minimum absolute atomic E-state index is 0.0990. The molecule has 3 heteroatoms. The van der Waals surface area contributed by atoms with E-state index in [4.69, 9.17) is 19.4 Å². The first kappa shape index (κ1) is 4.25. The van der Waals surface area contributed by atoms with Crippen molar-refractivity contribution in [3.63, 3.8) is 0 Å². The van der Waals surface area contributed by atoms with Crippen molar-refractivity contribution >= 4 is 11.6 Å². The van der Waals surface area contributed by atoms with Crippen LogP contribution in [0.1, 0.15) is 8.30 Å². The molecule has 0 radical (unpaired) electrons. The van der Waals surface area contributed by atoms with Gasteiger partial charge in [0.25, 0.3) is 0 Å². The van der Waals surface area contributed by atoms with Gasteiger partial charge in [0.05, 0.1) is 9.30 Å². The van der Waals surface area contributed by atoms with E-state index in [0.29, 0.717) is 0 Å². The Hall–Kier alpha value is -0.600. The highest BCUT2D eigenvalue weighted by atomic mass is 35.5. The monoisotopic (exact) mass is 147 g/mol.